The highest BCUT2D eigenvalue weighted by Crippen LogP contribution is 2.32. The van der Waals surface area contributed by atoms with Crippen molar-refractivity contribution in [2.75, 3.05) is 11.9 Å². The van der Waals surface area contributed by atoms with Crippen LogP contribution in [0.4, 0.5) is 5.69 Å². The first-order valence-corrected chi connectivity index (χ1v) is 9.91. The molecule has 0 bridgehead atoms. The summed E-state index contributed by atoms with van der Waals surface area (Å²) < 4.78 is 8.64. The van der Waals surface area contributed by atoms with Crippen molar-refractivity contribution in [2.45, 2.75) is 13.5 Å². The minimum absolute atomic E-state index is 0. The molecule has 4 heteroatoms. The number of benzene rings is 3. The lowest BCUT2D eigenvalue weighted by atomic mass is 10.1. The van der Waals surface area contributed by atoms with Crippen LogP contribution in [0.2, 0.25) is 0 Å². The molecule has 152 valence electrons. The molecule has 3 nitrogen and oxygen atoms in total. The Morgan fingerprint density at radius 3 is 1.90 bits per heavy atom. The highest BCUT2D eigenvalue weighted by Gasteiger charge is 2.28. The molecule has 0 spiro atoms. The van der Waals surface area contributed by atoms with E-state index in [1.807, 2.05) is 61.8 Å². The van der Waals surface area contributed by atoms with Crippen molar-refractivity contribution in [2.24, 2.45) is 0 Å². The molecule has 0 atom stereocenters. The topological polar surface area (TPSA) is 20.3 Å². The lowest BCUT2D eigenvalue weighted by Gasteiger charge is -2.12. The van der Waals surface area contributed by atoms with Crippen molar-refractivity contribution in [3.63, 3.8) is 0 Å². The van der Waals surface area contributed by atoms with Crippen LogP contribution in [0.25, 0.3) is 28.7 Å². The number of nitrogens with zero attached hydrogens (tertiary/aromatic N) is 2. The third kappa shape index (κ3) is 4.65. The first kappa shape index (κ1) is 21.8. The van der Waals surface area contributed by atoms with Gasteiger partial charge in [0.1, 0.15) is 6.54 Å². The van der Waals surface area contributed by atoms with Crippen molar-refractivity contribution < 1.29 is 33.0 Å². The molecule has 0 saturated heterocycles. The van der Waals surface area contributed by atoms with Crippen LogP contribution in [0, 0.1) is 0 Å². The van der Waals surface area contributed by atoms with Crippen LogP contribution in [0.1, 0.15) is 12.8 Å². The second kappa shape index (κ2) is 10.3. The number of rotatable bonds is 6. The minimum Gasteiger partial charge on any atom is -1.00 e. The first-order chi connectivity index (χ1) is 14.3. The first-order valence-electron chi connectivity index (χ1n) is 9.91. The van der Waals surface area contributed by atoms with Crippen molar-refractivity contribution in [1.82, 2.24) is 0 Å². The fraction of sp³-hybridized carbons (Fsp3) is 0.115. The van der Waals surface area contributed by atoms with E-state index in [4.69, 9.17) is 4.42 Å². The van der Waals surface area contributed by atoms with E-state index in [0.29, 0.717) is 0 Å². The van der Waals surface area contributed by atoms with Gasteiger partial charge in [-0.25, -0.2) is 0 Å². The fourth-order valence-corrected chi connectivity index (χ4v) is 3.47. The summed E-state index contributed by atoms with van der Waals surface area (Å²) in [7, 11) is 2.04. The maximum absolute atomic E-state index is 6.41. The zero-order valence-corrected chi connectivity index (χ0v) is 19.4. The van der Waals surface area contributed by atoms with E-state index in [2.05, 4.69) is 64.9 Å². The summed E-state index contributed by atoms with van der Waals surface area (Å²) in [4.78, 5) is 2.09. The average molecular weight is 508 g/mol. The summed E-state index contributed by atoms with van der Waals surface area (Å²) in [5, 5.41) is 0. The van der Waals surface area contributed by atoms with Crippen LogP contribution in [0.15, 0.2) is 102 Å². The Morgan fingerprint density at radius 1 is 0.800 bits per heavy atom. The summed E-state index contributed by atoms with van der Waals surface area (Å²) in [5.41, 5.74) is 4.45. The van der Waals surface area contributed by atoms with Crippen molar-refractivity contribution in [3.05, 3.63) is 103 Å². The van der Waals surface area contributed by atoms with Crippen molar-refractivity contribution in [1.29, 1.82) is 0 Å². The molecular formula is C26H25IN2O. The van der Waals surface area contributed by atoms with Crippen LogP contribution in [-0.2, 0) is 6.54 Å². The van der Waals surface area contributed by atoms with E-state index in [-0.39, 0.29) is 24.0 Å². The molecule has 0 aliphatic rings. The number of hydrogen-bond acceptors (Lipinski definition) is 2. The van der Waals surface area contributed by atoms with Gasteiger partial charge in [-0.2, -0.15) is 4.57 Å². The van der Waals surface area contributed by atoms with Crippen LogP contribution in [0.3, 0.4) is 0 Å². The molecule has 1 heterocycles. The standard InChI is InChI=1S/C26H25N2O.HI/c1-3-28-24(19-20-27(2)23-17-11-6-12-18-23)29-26(22-15-9-5-10-16-22)25(28)21-13-7-4-8-14-21;/h4-20H,3H2,1-2H3;1H/q+1;/p-1. The van der Waals surface area contributed by atoms with Crippen LogP contribution < -0.4 is 33.4 Å². The van der Waals surface area contributed by atoms with E-state index in [1.165, 1.54) is 0 Å². The summed E-state index contributed by atoms with van der Waals surface area (Å²) >= 11 is 0. The Bertz CT molecular complexity index is 1090. The molecule has 4 aromatic rings. The van der Waals surface area contributed by atoms with E-state index >= 15 is 0 Å². The summed E-state index contributed by atoms with van der Waals surface area (Å²) in [6.07, 6.45) is 4.08. The minimum atomic E-state index is 0. The molecule has 0 radical (unpaired) electrons. The third-order valence-electron chi connectivity index (χ3n) is 4.96. The van der Waals surface area contributed by atoms with E-state index < -0.39 is 0 Å². The largest absolute Gasteiger partial charge is 1.00 e. The summed E-state index contributed by atoms with van der Waals surface area (Å²) in [6.45, 7) is 2.96. The smallest absolute Gasteiger partial charge is 0.375 e. The number of para-hydroxylation sites is 1. The predicted molar refractivity (Wildman–Crippen MR) is 119 cm³/mol. The Kier molecular flexibility index (Phi) is 7.46. The molecule has 0 saturated carbocycles. The van der Waals surface area contributed by atoms with E-state index in [9.17, 15) is 0 Å². The second-order valence-electron chi connectivity index (χ2n) is 6.86. The Labute approximate surface area is 195 Å². The monoisotopic (exact) mass is 508 g/mol. The van der Waals surface area contributed by atoms with Gasteiger partial charge in [-0.15, -0.1) is 0 Å². The van der Waals surface area contributed by atoms with Crippen molar-refractivity contribution >= 4 is 11.8 Å². The van der Waals surface area contributed by atoms with Gasteiger partial charge in [-0.05, 0) is 31.2 Å². The van der Waals surface area contributed by atoms with Crippen molar-refractivity contribution in [3.8, 4) is 22.6 Å². The Hall–Kier alpha value is -2.86. The molecule has 0 N–H and O–H groups in total. The highest BCUT2D eigenvalue weighted by atomic mass is 127. The molecular weight excluding hydrogens is 483 g/mol. The summed E-state index contributed by atoms with van der Waals surface area (Å²) in [5.74, 6) is 1.72. The summed E-state index contributed by atoms with van der Waals surface area (Å²) in [6, 6.07) is 31.0. The lowest BCUT2D eigenvalue weighted by Crippen LogP contribution is -3.00. The molecule has 0 aliphatic heterocycles. The average Bonchev–Trinajstić information content (AvgIpc) is 3.17. The van der Waals surface area contributed by atoms with Gasteiger partial charge in [0.05, 0.1) is 11.6 Å². The highest BCUT2D eigenvalue weighted by molar-refractivity contribution is 5.75. The normalized spacial score (nSPS) is 10.7. The quantitative estimate of drug-likeness (QED) is 0.295. The number of hydrogen-bond donors (Lipinski definition) is 0. The SMILES string of the molecule is CC[n+]1c(/C=C/N(C)c2ccccc2)oc(-c2ccccc2)c1-c1ccccc1.[I-]. The van der Waals surface area contributed by atoms with Crippen LogP contribution in [0.5, 0.6) is 0 Å². The van der Waals surface area contributed by atoms with Gasteiger partial charge >= 0.3 is 5.89 Å². The number of halogens is 1. The molecule has 0 amide bonds. The van der Waals surface area contributed by atoms with Crippen LogP contribution in [-0.4, -0.2) is 7.05 Å². The number of aromatic nitrogens is 1. The van der Waals surface area contributed by atoms with E-state index in [1.54, 1.807) is 0 Å². The number of oxazole rings is 1. The van der Waals surface area contributed by atoms with Gasteiger partial charge in [0.15, 0.2) is 0 Å². The molecule has 0 unspecified atom stereocenters. The number of anilines is 1. The second-order valence-corrected chi connectivity index (χ2v) is 6.86. The van der Waals surface area contributed by atoms with Gasteiger partial charge < -0.3 is 33.3 Å². The molecule has 3 aromatic carbocycles. The zero-order chi connectivity index (χ0) is 20.1. The third-order valence-corrected chi connectivity index (χ3v) is 4.96. The van der Waals surface area contributed by atoms with Gasteiger partial charge in [0.25, 0.3) is 5.69 Å². The lowest BCUT2D eigenvalue weighted by molar-refractivity contribution is -0.687. The maximum Gasteiger partial charge on any atom is 0.375 e. The molecule has 0 fully saturated rings. The maximum atomic E-state index is 6.41. The van der Waals surface area contributed by atoms with Gasteiger partial charge in [0, 0.05) is 24.5 Å². The molecule has 4 rings (SSSR count). The van der Waals surface area contributed by atoms with Gasteiger partial charge in [0.2, 0.25) is 5.76 Å². The predicted octanol–water partition coefficient (Wildman–Crippen LogP) is 3.03. The van der Waals surface area contributed by atoms with Gasteiger partial charge in [-0.1, -0.05) is 66.7 Å². The fourth-order valence-electron chi connectivity index (χ4n) is 3.47. The zero-order valence-electron chi connectivity index (χ0n) is 17.2. The molecule has 1 aromatic heterocycles. The molecule has 30 heavy (non-hydrogen) atoms. The van der Waals surface area contributed by atoms with Crippen LogP contribution >= 0.6 is 0 Å². The Balaban J connectivity index is 0.00000256. The Morgan fingerprint density at radius 2 is 1.33 bits per heavy atom. The molecule has 0 aliphatic carbocycles. The van der Waals surface area contributed by atoms with E-state index in [0.717, 1.165) is 40.7 Å². The van der Waals surface area contributed by atoms with Gasteiger partial charge in [-0.3, -0.25) is 0 Å².